The Morgan fingerprint density at radius 3 is 2.76 bits per heavy atom. The molecule has 0 saturated carbocycles. The molecule has 1 atom stereocenters. The van der Waals surface area contributed by atoms with Crippen molar-refractivity contribution in [2.45, 2.75) is 40.2 Å². The van der Waals surface area contributed by atoms with Crippen molar-refractivity contribution in [2.24, 2.45) is 5.92 Å². The van der Waals surface area contributed by atoms with Crippen LogP contribution in [0.3, 0.4) is 0 Å². The van der Waals surface area contributed by atoms with E-state index in [9.17, 15) is 4.39 Å². The van der Waals surface area contributed by atoms with Crippen molar-refractivity contribution in [3.05, 3.63) is 64.9 Å². The molecular formula is C21H22FN3. The van der Waals surface area contributed by atoms with Gasteiger partial charge in [-0.2, -0.15) is 9.65 Å². The van der Waals surface area contributed by atoms with Gasteiger partial charge in [-0.15, -0.1) is 0 Å². The molecule has 0 fully saturated rings. The lowest BCUT2D eigenvalue weighted by Gasteiger charge is -2.10. The second-order valence-electron chi connectivity index (χ2n) is 6.32. The van der Waals surface area contributed by atoms with E-state index in [-0.39, 0.29) is 0 Å². The van der Waals surface area contributed by atoms with E-state index < -0.39 is 5.95 Å². The van der Waals surface area contributed by atoms with E-state index in [1.165, 1.54) is 17.3 Å². The molecule has 1 aliphatic carbocycles. The highest BCUT2D eigenvalue weighted by Gasteiger charge is 2.26. The van der Waals surface area contributed by atoms with Crippen molar-refractivity contribution in [1.29, 1.82) is 5.26 Å². The summed E-state index contributed by atoms with van der Waals surface area (Å²) in [5, 5.41) is 10.3. The van der Waals surface area contributed by atoms with Gasteiger partial charge >= 0.3 is 0 Å². The number of rotatable bonds is 2. The third-order valence-electron chi connectivity index (χ3n) is 4.60. The quantitative estimate of drug-likeness (QED) is 0.628. The summed E-state index contributed by atoms with van der Waals surface area (Å²) in [4.78, 5) is 3.99. The lowest BCUT2D eigenvalue weighted by molar-refractivity contribution is 0.570. The zero-order valence-electron chi connectivity index (χ0n) is 14.9. The molecule has 128 valence electrons. The first-order chi connectivity index (χ1) is 12.2. The lowest BCUT2D eigenvalue weighted by atomic mass is 10.1. The summed E-state index contributed by atoms with van der Waals surface area (Å²) in [5.41, 5.74) is 5.14. The second kappa shape index (κ2) is 7.06. The van der Waals surface area contributed by atoms with Crippen molar-refractivity contribution in [3.8, 4) is 6.07 Å². The summed E-state index contributed by atoms with van der Waals surface area (Å²) in [6, 6.07) is 12.9. The van der Waals surface area contributed by atoms with Gasteiger partial charge in [0, 0.05) is 16.6 Å². The Kier molecular flexibility index (Phi) is 4.85. The molecule has 0 saturated heterocycles. The van der Waals surface area contributed by atoms with Crippen LogP contribution in [0.2, 0.25) is 0 Å². The molecule has 1 aromatic carbocycles. The van der Waals surface area contributed by atoms with Crippen LogP contribution in [0.1, 0.15) is 43.3 Å². The first kappa shape index (κ1) is 17.2. The lowest BCUT2D eigenvalue weighted by Crippen LogP contribution is -2.07. The number of hydrogen-bond acceptors (Lipinski definition) is 2. The van der Waals surface area contributed by atoms with Gasteiger partial charge in [-0.1, -0.05) is 26.8 Å². The predicted molar refractivity (Wildman–Crippen MR) is 97.9 cm³/mol. The summed E-state index contributed by atoms with van der Waals surface area (Å²) in [5.74, 6) is 0.151. The van der Waals surface area contributed by atoms with Crippen LogP contribution in [0.25, 0.3) is 10.9 Å². The number of benzene rings is 1. The zero-order chi connectivity index (χ0) is 18.0. The monoisotopic (exact) mass is 335 g/mol. The number of nitrogens with zero attached hydrogens (tertiary/aromatic N) is 3. The van der Waals surface area contributed by atoms with E-state index in [1.807, 2.05) is 38.1 Å². The van der Waals surface area contributed by atoms with Gasteiger partial charge in [-0.25, -0.2) is 4.98 Å². The smallest absolute Gasteiger partial charge is 0.213 e. The molecule has 2 aromatic heterocycles. The highest BCUT2D eigenvalue weighted by atomic mass is 19.1. The van der Waals surface area contributed by atoms with Crippen molar-refractivity contribution >= 4 is 10.9 Å². The molecule has 4 rings (SSSR count). The number of nitriles is 1. The minimum absolute atomic E-state index is 0.448. The van der Waals surface area contributed by atoms with Crippen LogP contribution in [0, 0.1) is 23.2 Å². The molecule has 0 N–H and O–H groups in total. The Morgan fingerprint density at radius 2 is 2.04 bits per heavy atom. The van der Waals surface area contributed by atoms with Gasteiger partial charge in [-0.3, -0.25) is 0 Å². The van der Waals surface area contributed by atoms with Gasteiger partial charge in [0.2, 0.25) is 5.95 Å². The van der Waals surface area contributed by atoms with Crippen molar-refractivity contribution in [2.75, 3.05) is 0 Å². The standard InChI is InChI=1S/C19H16FN3.C2H6/c1-12-7-15-16-9-13(10-21)5-6-17(16)23(18(15)8-12)11-14-3-2-4-19(20)22-14;1-2/h2-6,9,12H,7-8,11H2,1H3;1-2H3. The van der Waals surface area contributed by atoms with Crippen molar-refractivity contribution in [1.82, 2.24) is 9.55 Å². The van der Waals surface area contributed by atoms with Crippen LogP contribution in [-0.4, -0.2) is 9.55 Å². The first-order valence-electron chi connectivity index (χ1n) is 8.81. The van der Waals surface area contributed by atoms with Gasteiger partial charge in [0.05, 0.1) is 23.9 Å². The van der Waals surface area contributed by atoms with Gasteiger partial charge < -0.3 is 4.57 Å². The minimum Gasteiger partial charge on any atom is -0.338 e. The summed E-state index contributed by atoms with van der Waals surface area (Å²) in [6.07, 6.45) is 2.05. The van der Waals surface area contributed by atoms with Crippen LogP contribution in [0.5, 0.6) is 0 Å². The van der Waals surface area contributed by atoms with E-state index in [4.69, 9.17) is 5.26 Å². The molecular weight excluding hydrogens is 313 g/mol. The molecule has 0 bridgehead atoms. The molecule has 3 nitrogen and oxygen atoms in total. The zero-order valence-corrected chi connectivity index (χ0v) is 14.9. The highest BCUT2D eigenvalue weighted by Crippen LogP contribution is 2.36. The predicted octanol–water partition coefficient (Wildman–Crippen LogP) is 4.86. The van der Waals surface area contributed by atoms with Crippen LogP contribution in [-0.2, 0) is 19.4 Å². The largest absolute Gasteiger partial charge is 0.338 e. The van der Waals surface area contributed by atoms with Gasteiger partial charge in [0.15, 0.2) is 0 Å². The Balaban J connectivity index is 0.000000880. The summed E-state index contributed by atoms with van der Waals surface area (Å²) in [6.45, 7) is 6.80. The Labute approximate surface area is 147 Å². The summed E-state index contributed by atoms with van der Waals surface area (Å²) >= 11 is 0. The fourth-order valence-corrected chi connectivity index (χ4v) is 3.64. The highest BCUT2D eigenvalue weighted by molar-refractivity contribution is 5.87. The Hall–Kier alpha value is -2.67. The molecule has 25 heavy (non-hydrogen) atoms. The normalized spacial score (nSPS) is 15.4. The maximum absolute atomic E-state index is 13.4. The van der Waals surface area contributed by atoms with E-state index in [0.717, 1.165) is 23.7 Å². The van der Waals surface area contributed by atoms with Crippen molar-refractivity contribution in [3.63, 3.8) is 0 Å². The molecule has 0 aliphatic heterocycles. The number of pyridine rings is 1. The molecule has 0 spiro atoms. The first-order valence-corrected chi connectivity index (χ1v) is 8.81. The van der Waals surface area contributed by atoms with Gasteiger partial charge in [-0.05, 0) is 54.7 Å². The Bertz CT molecular complexity index is 950. The van der Waals surface area contributed by atoms with E-state index in [0.29, 0.717) is 23.7 Å². The van der Waals surface area contributed by atoms with E-state index in [1.54, 1.807) is 6.07 Å². The van der Waals surface area contributed by atoms with Crippen LogP contribution < -0.4 is 0 Å². The maximum Gasteiger partial charge on any atom is 0.213 e. The number of halogens is 1. The average molecular weight is 335 g/mol. The minimum atomic E-state index is -0.448. The fourth-order valence-electron chi connectivity index (χ4n) is 3.64. The van der Waals surface area contributed by atoms with Gasteiger partial charge in [0.25, 0.3) is 0 Å². The molecule has 0 amide bonds. The second-order valence-corrected chi connectivity index (χ2v) is 6.32. The molecule has 4 heteroatoms. The van der Waals surface area contributed by atoms with Gasteiger partial charge in [0.1, 0.15) is 0 Å². The average Bonchev–Trinajstić information content (AvgIpc) is 3.13. The maximum atomic E-state index is 13.4. The van der Waals surface area contributed by atoms with Crippen LogP contribution in [0.4, 0.5) is 4.39 Å². The molecule has 0 radical (unpaired) electrons. The topological polar surface area (TPSA) is 41.6 Å². The fraction of sp³-hybridized carbons (Fsp3) is 0.333. The third-order valence-corrected chi connectivity index (χ3v) is 4.60. The Morgan fingerprint density at radius 1 is 1.24 bits per heavy atom. The van der Waals surface area contributed by atoms with Crippen LogP contribution in [0.15, 0.2) is 36.4 Å². The summed E-state index contributed by atoms with van der Waals surface area (Å²) in [7, 11) is 0. The molecule has 3 aromatic rings. The van der Waals surface area contributed by atoms with E-state index in [2.05, 4.69) is 22.5 Å². The van der Waals surface area contributed by atoms with E-state index >= 15 is 0 Å². The number of hydrogen-bond donors (Lipinski definition) is 0. The number of fused-ring (bicyclic) bond motifs is 3. The molecule has 1 unspecified atom stereocenters. The SMILES string of the molecule is CC.CC1Cc2c(n(Cc3cccc(F)n3)c3ccc(C#N)cc23)C1. The molecule has 2 heterocycles. The molecule has 1 aliphatic rings. The van der Waals surface area contributed by atoms with Crippen LogP contribution >= 0.6 is 0 Å². The van der Waals surface area contributed by atoms with Crippen molar-refractivity contribution < 1.29 is 4.39 Å². The number of aromatic nitrogens is 2. The third kappa shape index (κ3) is 3.15. The summed E-state index contributed by atoms with van der Waals surface area (Å²) < 4.78 is 15.6.